The summed E-state index contributed by atoms with van der Waals surface area (Å²) in [7, 11) is 0. The average molecular weight is 420 g/mol. The molecule has 3 aromatic rings. The van der Waals surface area contributed by atoms with E-state index in [0.29, 0.717) is 5.69 Å². The summed E-state index contributed by atoms with van der Waals surface area (Å²) >= 11 is 0. The molecule has 8 heteroatoms. The summed E-state index contributed by atoms with van der Waals surface area (Å²) in [6, 6.07) is 15.5. The van der Waals surface area contributed by atoms with E-state index in [1.807, 2.05) is 55.5 Å². The third kappa shape index (κ3) is 5.36. The lowest BCUT2D eigenvalue weighted by atomic mass is 10.1. The van der Waals surface area contributed by atoms with E-state index >= 15 is 0 Å². The Morgan fingerprint density at radius 1 is 1.03 bits per heavy atom. The van der Waals surface area contributed by atoms with Crippen LogP contribution < -0.4 is 10.9 Å². The molecule has 2 aromatic carbocycles. The van der Waals surface area contributed by atoms with Crippen LogP contribution in [0.3, 0.4) is 0 Å². The molecular weight excluding hydrogens is 396 g/mol. The zero-order valence-electron chi connectivity index (χ0n) is 17.6. The third-order valence-electron chi connectivity index (χ3n) is 4.64. The molecule has 0 aliphatic heterocycles. The van der Waals surface area contributed by atoms with E-state index in [1.54, 1.807) is 10.9 Å². The maximum absolute atomic E-state index is 12.8. The number of hydrazine groups is 1. The van der Waals surface area contributed by atoms with Crippen molar-refractivity contribution in [2.75, 3.05) is 6.61 Å². The number of esters is 1. The number of carbonyl (C=O) groups excluding carboxylic acids is 3. The van der Waals surface area contributed by atoms with Gasteiger partial charge in [0.1, 0.15) is 11.3 Å². The van der Waals surface area contributed by atoms with Gasteiger partial charge in [0, 0.05) is 18.7 Å². The monoisotopic (exact) mass is 420 g/mol. The summed E-state index contributed by atoms with van der Waals surface area (Å²) in [6.07, 6.45) is 2.50. The van der Waals surface area contributed by atoms with Crippen LogP contribution in [-0.2, 0) is 20.7 Å². The number of ether oxygens (including phenoxy) is 1. The van der Waals surface area contributed by atoms with E-state index in [2.05, 4.69) is 22.9 Å². The number of benzene rings is 2. The van der Waals surface area contributed by atoms with Gasteiger partial charge in [0.05, 0.1) is 5.69 Å². The Morgan fingerprint density at radius 3 is 2.39 bits per heavy atom. The first kappa shape index (κ1) is 21.8. The van der Waals surface area contributed by atoms with Crippen LogP contribution in [-0.4, -0.2) is 34.2 Å². The van der Waals surface area contributed by atoms with Gasteiger partial charge in [-0.2, -0.15) is 5.10 Å². The van der Waals surface area contributed by atoms with Gasteiger partial charge >= 0.3 is 5.97 Å². The Hall–Kier alpha value is -3.94. The van der Waals surface area contributed by atoms with Crippen LogP contribution >= 0.6 is 0 Å². The molecule has 0 aliphatic carbocycles. The Labute approximate surface area is 180 Å². The predicted octanol–water partition coefficient (Wildman–Crippen LogP) is 2.73. The summed E-state index contributed by atoms with van der Waals surface area (Å²) in [4.78, 5) is 35.4. The van der Waals surface area contributed by atoms with Gasteiger partial charge < -0.3 is 4.74 Å². The SMILES string of the molecule is CCc1ccc(-c2nn(-c3ccccc3C)cc2C(=O)OCC(=O)NNC(C)=O)cc1. The number of rotatable bonds is 6. The smallest absolute Gasteiger partial charge is 0.342 e. The molecule has 0 saturated heterocycles. The van der Waals surface area contributed by atoms with Crippen molar-refractivity contribution in [1.82, 2.24) is 20.6 Å². The number of aromatic nitrogens is 2. The fourth-order valence-electron chi connectivity index (χ4n) is 2.98. The Bertz CT molecular complexity index is 1100. The van der Waals surface area contributed by atoms with Gasteiger partial charge in [-0.25, -0.2) is 9.48 Å². The molecule has 0 unspecified atom stereocenters. The van der Waals surface area contributed by atoms with E-state index in [9.17, 15) is 14.4 Å². The number of para-hydroxylation sites is 1. The maximum atomic E-state index is 12.8. The molecule has 160 valence electrons. The number of nitrogens with one attached hydrogen (secondary N) is 2. The van der Waals surface area contributed by atoms with Crippen molar-refractivity contribution in [3.05, 3.63) is 71.4 Å². The summed E-state index contributed by atoms with van der Waals surface area (Å²) in [5.74, 6) is -1.77. The highest BCUT2D eigenvalue weighted by atomic mass is 16.5. The lowest BCUT2D eigenvalue weighted by Gasteiger charge is -2.07. The number of hydrogen-bond donors (Lipinski definition) is 2. The summed E-state index contributed by atoms with van der Waals surface area (Å²) in [5, 5.41) is 4.63. The molecule has 0 saturated carbocycles. The molecule has 0 fully saturated rings. The Kier molecular flexibility index (Phi) is 6.81. The maximum Gasteiger partial charge on any atom is 0.342 e. The van der Waals surface area contributed by atoms with Gasteiger partial charge in [0.15, 0.2) is 6.61 Å². The number of amides is 2. The number of nitrogens with zero attached hydrogens (tertiary/aromatic N) is 2. The molecule has 0 aliphatic rings. The summed E-state index contributed by atoms with van der Waals surface area (Å²) in [5.41, 5.74) is 8.74. The van der Waals surface area contributed by atoms with Gasteiger partial charge in [-0.3, -0.25) is 20.4 Å². The second-order valence-electron chi connectivity index (χ2n) is 6.98. The molecule has 0 radical (unpaired) electrons. The van der Waals surface area contributed by atoms with E-state index < -0.39 is 24.4 Å². The van der Waals surface area contributed by atoms with E-state index in [0.717, 1.165) is 23.2 Å². The summed E-state index contributed by atoms with van der Waals surface area (Å²) in [6.45, 7) is 4.74. The quantitative estimate of drug-likeness (QED) is 0.472. The zero-order valence-corrected chi connectivity index (χ0v) is 17.6. The second-order valence-corrected chi connectivity index (χ2v) is 6.98. The molecule has 0 bridgehead atoms. The molecule has 2 amide bonds. The van der Waals surface area contributed by atoms with E-state index in [-0.39, 0.29) is 5.56 Å². The van der Waals surface area contributed by atoms with Crippen LogP contribution in [0.1, 0.15) is 35.3 Å². The molecule has 8 nitrogen and oxygen atoms in total. The van der Waals surface area contributed by atoms with Crippen LogP contribution in [0.2, 0.25) is 0 Å². The minimum absolute atomic E-state index is 0.236. The van der Waals surface area contributed by atoms with Crippen LogP contribution in [0.5, 0.6) is 0 Å². The molecule has 2 N–H and O–H groups in total. The molecular formula is C23H24N4O4. The van der Waals surface area contributed by atoms with Crippen molar-refractivity contribution in [3.8, 4) is 16.9 Å². The van der Waals surface area contributed by atoms with Crippen LogP contribution in [0.25, 0.3) is 16.9 Å². The van der Waals surface area contributed by atoms with Crippen LogP contribution in [0.4, 0.5) is 0 Å². The minimum atomic E-state index is -0.688. The highest BCUT2D eigenvalue weighted by Crippen LogP contribution is 2.26. The van der Waals surface area contributed by atoms with Gasteiger partial charge in [0.25, 0.3) is 5.91 Å². The Balaban J connectivity index is 1.91. The number of carbonyl (C=O) groups is 3. The summed E-state index contributed by atoms with van der Waals surface area (Å²) < 4.78 is 6.78. The van der Waals surface area contributed by atoms with Gasteiger partial charge in [-0.1, -0.05) is 49.4 Å². The first-order valence-corrected chi connectivity index (χ1v) is 9.86. The lowest BCUT2D eigenvalue weighted by Crippen LogP contribution is -2.42. The van der Waals surface area contributed by atoms with Crippen LogP contribution in [0.15, 0.2) is 54.7 Å². The van der Waals surface area contributed by atoms with Gasteiger partial charge in [-0.05, 0) is 30.5 Å². The first-order valence-electron chi connectivity index (χ1n) is 9.86. The van der Waals surface area contributed by atoms with Crippen LogP contribution in [0, 0.1) is 6.92 Å². The minimum Gasteiger partial charge on any atom is -0.452 e. The Morgan fingerprint density at radius 2 is 1.74 bits per heavy atom. The van der Waals surface area contributed by atoms with Crippen molar-refractivity contribution < 1.29 is 19.1 Å². The average Bonchev–Trinajstić information content (AvgIpc) is 3.21. The topological polar surface area (TPSA) is 102 Å². The zero-order chi connectivity index (χ0) is 22.4. The van der Waals surface area contributed by atoms with Gasteiger partial charge in [-0.15, -0.1) is 0 Å². The number of hydrogen-bond acceptors (Lipinski definition) is 5. The fraction of sp³-hybridized carbons (Fsp3) is 0.217. The van der Waals surface area contributed by atoms with E-state index in [4.69, 9.17) is 4.74 Å². The normalized spacial score (nSPS) is 10.4. The molecule has 0 spiro atoms. The molecule has 3 rings (SSSR count). The highest BCUT2D eigenvalue weighted by Gasteiger charge is 2.21. The highest BCUT2D eigenvalue weighted by molar-refractivity contribution is 5.97. The predicted molar refractivity (Wildman–Crippen MR) is 115 cm³/mol. The fourth-order valence-corrected chi connectivity index (χ4v) is 2.98. The lowest BCUT2D eigenvalue weighted by molar-refractivity contribution is -0.129. The standard InChI is InChI=1S/C23H24N4O4/c1-4-17-9-11-18(12-10-17)22-19(23(30)31-14-21(29)25-24-16(3)28)13-27(26-22)20-8-6-5-7-15(20)2/h5-13H,4,14H2,1-3H3,(H,24,28)(H,25,29). The third-order valence-corrected chi connectivity index (χ3v) is 4.64. The van der Waals surface area contributed by atoms with Crippen molar-refractivity contribution in [2.24, 2.45) is 0 Å². The largest absolute Gasteiger partial charge is 0.452 e. The molecule has 31 heavy (non-hydrogen) atoms. The van der Waals surface area contributed by atoms with Crippen molar-refractivity contribution in [1.29, 1.82) is 0 Å². The molecule has 0 atom stereocenters. The number of aryl methyl sites for hydroxylation is 2. The van der Waals surface area contributed by atoms with Crippen molar-refractivity contribution in [3.63, 3.8) is 0 Å². The van der Waals surface area contributed by atoms with Crippen molar-refractivity contribution in [2.45, 2.75) is 27.2 Å². The van der Waals surface area contributed by atoms with Gasteiger partial charge in [0.2, 0.25) is 5.91 Å². The molecule has 1 aromatic heterocycles. The second kappa shape index (κ2) is 9.71. The van der Waals surface area contributed by atoms with E-state index in [1.165, 1.54) is 12.5 Å². The van der Waals surface area contributed by atoms with Crippen molar-refractivity contribution >= 4 is 17.8 Å². The molecule has 1 heterocycles. The first-order chi connectivity index (χ1) is 14.9.